The lowest BCUT2D eigenvalue weighted by molar-refractivity contribution is 0.949. The molecular formula is C18H23N5. The van der Waals surface area contributed by atoms with Crippen molar-refractivity contribution in [1.82, 2.24) is 9.97 Å². The van der Waals surface area contributed by atoms with Gasteiger partial charge in [0.2, 0.25) is 5.95 Å². The molecule has 5 heteroatoms. The first-order chi connectivity index (χ1) is 11.3. The number of hydrogen-bond acceptors (Lipinski definition) is 5. The van der Waals surface area contributed by atoms with Crippen molar-refractivity contribution in [3.8, 4) is 0 Å². The van der Waals surface area contributed by atoms with Gasteiger partial charge in [0.25, 0.3) is 0 Å². The van der Waals surface area contributed by atoms with Crippen LogP contribution in [0.4, 0.5) is 23.1 Å². The molecule has 0 amide bonds. The lowest BCUT2D eigenvalue weighted by Crippen LogP contribution is -2.17. The van der Waals surface area contributed by atoms with Crippen molar-refractivity contribution < 1.29 is 0 Å². The summed E-state index contributed by atoms with van der Waals surface area (Å²) in [5.41, 5.74) is 3.30. The largest absolute Gasteiger partial charge is 0.372 e. The summed E-state index contributed by atoms with van der Waals surface area (Å²) < 4.78 is 0. The molecule has 23 heavy (non-hydrogen) atoms. The molecule has 120 valence electrons. The first-order valence-corrected chi connectivity index (χ1v) is 8.50. The Morgan fingerprint density at radius 3 is 2.48 bits per heavy atom. The number of nitrogens with zero attached hydrogens (tertiary/aromatic N) is 3. The van der Waals surface area contributed by atoms with Gasteiger partial charge in [0.15, 0.2) is 0 Å². The van der Waals surface area contributed by atoms with Gasteiger partial charge >= 0.3 is 0 Å². The van der Waals surface area contributed by atoms with E-state index in [1.807, 2.05) is 13.0 Å². The van der Waals surface area contributed by atoms with Crippen molar-refractivity contribution in [3.05, 3.63) is 36.0 Å². The van der Waals surface area contributed by atoms with E-state index in [2.05, 4.69) is 49.8 Å². The summed E-state index contributed by atoms with van der Waals surface area (Å²) in [5.74, 6) is 1.57. The highest BCUT2D eigenvalue weighted by molar-refractivity contribution is 5.60. The van der Waals surface area contributed by atoms with Gasteiger partial charge in [0.1, 0.15) is 5.82 Å². The smallest absolute Gasteiger partial charge is 0.229 e. The van der Waals surface area contributed by atoms with Gasteiger partial charge in [0.05, 0.1) is 0 Å². The normalized spacial score (nSPS) is 17.3. The van der Waals surface area contributed by atoms with Crippen LogP contribution in [0.2, 0.25) is 0 Å². The molecule has 2 heterocycles. The highest BCUT2D eigenvalue weighted by Gasteiger charge is 2.21. The van der Waals surface area contributed by atoms with E-state index in [0.717, 1.165) is 17.2 Å². The molecule has 1 aromatic heterocycles. The van der Waals surface area contributed by atoms with Crippen LogP contribution in [0.5, 0.6) is 0 Å². The van der Waals surface area contributed by atoms with Gasteiger partial charge in [-0.1, -0.05) is 0 Å². The second-order valence-electron chi connectivity index (χ2n) is 6.50. The fraction of sp³-hybridized carbons (Fsp3) is 0.444. The molecular weight excluding hydrogens is 286 g/mol. The van der Waals surface area contributed by atoms with E-state index in [0.29, 0.717) is 12.0 Å². The molecule has 0 spiro atoms. The number of nitrogens with one attached hydrogen (secondary N) is 2. The molecule has 2 aromatic rings. The maximum Gasteiger partial charge on any atom is 0.229 e. The van der Waals surface area contributed by atoms with Gasteiger partial charge in [-0.2, -0.15) is 4.98 Å². The molecule has 1 aliphatic carbocycles. The van der Waals surface area contributed by atoms with Gasteiger partial charge in [0, 0.05) is 42.3 Å². The highest BCUT2D eigenvalue weighted by Crippen LogP contribution is 2.26. The first-order valence-electron chi connectivity index (χ1n) is 8.50. The van der Waals surface area contributed by atoms with Crippen molar-refractivity contribution in [2.45, 2.75) is 38.6 Å². The van der Waals surface area contributed by atoms with Gasteiger partial charge in [-0.05, 0) is 56.9 Å². The molecule has 0 bridgehead atoms. The molecule has 5 nitrogen and oxygen atoms in total. The van der Waals surface area contributed by atoms with Crippen molar-refractivity contribution in [3.63, 3.8) is 0 Å². The summed E-state index contributed by atoms with van der Waals surface area (Å²) in [5, 5.41) is 6.75. The predicted octanol–water partition coefficient (Wildman–Crippen LogP) is 3.70. The average molecular weight is 309 g/mol. The van der Waals surface area contributed by atoms with E-state index in [-0.39, 0.29) is 0 Å². The molecule has 2 fully saturated rings. The van der Waals surface area contributed by atoms with Crippen LogP contribution in [-0.4, -0.2) is 29.1 Å². The van der Waals surface area contributed by atoms with Crippen LogP contribution in [-0.2, 0) is 0 Å². The summed E-state index contributed by atoms with van der Waals surface area (Å²) in [4.78, 5) is 11.5. The van der Waals surface area contributed by atoms with E-state index in [4.69, 9.17) is 0 Å². The number of aryl methyl sites for hydroxylation is 1. The standard InChI is InChI=1S/C18H23N5/c1-13-12-17(20-14-4-5-14)22-18(19-13)21-15-6-8-16(9-7-15)23-10-2-3-11-23/h6-9,12,14H,2-5,10-11H2,1H3,(H2,19,20,21,22). The molecule has 1 saturated heterocycles. The van der Waals surface area contributed by atoms with Crippen LogP contribution in [0.15, 0.2) is 30.3 Å². The number of benzene rings is 1. The van der Waals surface area contributed by atoms with Gasteiger partial charge in [-0.3, -0.25) is 0 Å². The van der Waals surface area contributed by atoms with E-state index in [1.165, 1.54) is 44.5 Å². The highest BCUT2D eigenvalue weighted by atomic mass is 15.2. The summed E-state index contributed by atoms with van der Waals surface area (Å²) in [6.07, 6.45) is 5.08. The molecule has 1 saturated carbocycles. The third kappa shape index (κ3) is 3.55. The number of anilines is 4. The maximum atomic E-state index is 4.57. The van der Waals surface area contributed by atoms with Crippen molar-refractivity contribution in [1.29, 1.82) is 0 Å². The summed E-state index contributed by atoms with van der Waals surface area (Å²) in [6.45, 7) is 4.34. The molecule has 4 rings (SSSR count). The number of hydrogen-bond donors (Lipinski definition) is 2. The van der Waals surface area contributed by atoms with Crippen LogP contribution < -0.4 is 15.5 Å². The van der Waals surface area contributed by atoms with Crippen LogP contribution >= 0.6 is 0 Å². The second kappa shape index (κ2) is 6.07. The minimum Gasteiger partial charge on any atom is -0.372 e. The Balaban J connectivity index is 1.47. The lowest BCUT2D eigenvalue weighted by Gasteiger charge is -2.18. The zero-order valence-electron chi connectivity index (χ0n) is 13.5. The Labute approximate surface area is 137 Å². The lowest BCUT2D eigenvalue weighted by atomic mass is 10.2. The third-order valence-electron chi connectivity index (χ3n) is 4.38. The van der Waals surface area contributed by atoms with Gasteiger partial charge in [-0.15, -0.1) is 0 Å². The Kier molecular flexibility index (Phi) is 3.77. The average Bonchev–Trinajstić information content (AvgIpc) is 3.17. The zero-order chi connectivity index (χ0) is 15.6. The Hall–Kier alpha value is -2.30. The monoisotopic (exact) mass is 309 g/mol. The Morgan fingerprint density at radius 1 is 1.04 bits per heavy atom. The van der Waals surface area contributed by atoms with Crippen LogP contribution in [0.1, 0.15) is 31.4 Å². The van der Waals surface area contributed by atoms with Crippen molar-refractivity contribution in [2.75, 3.05) is 28.6 Å². The molecule has 0 radical (unpaired) electrons. The molecule has 2 aliphatic rings. The topological polar surface area (TPSA) is 53.1 Å². The molecule has 1 aromatic carbocycles. The van der Waals surface area contributed by atoms with E-state index in [1.54, 1.807) is 0 Å². The second-order valence-corrected chi connectivity index (χ2v) is 6.50. The van der Waals surface area contributed by atoms with Gasteiger partial charge in [-0.25, -0.2) is 4.98 Å². The summed E-state index contributed by atoms with van der Waals surface area (Å²) in [6, 6.07) is 11.2. The fourth-order valence-electron chi connectivity index (χ4n) is 3.00. The molecule has 1 aliphatic heterocycles. The van der Waals surface area contributed by atoms with Crippen LogP contribution in [0.25, 0.3) is 0 Å². The van der Waals surface area contributed by atoms with Gasteiger partial charge < -0.3 is 15.5 Å². The van der Waals surface area contributed by atoms with Crippen LogP contribution in [0, 0.1) is 6.92 Å². The quantitative estimate of drug-likeness (QED) is 0.882. The Morgan fingerprint density at radius 2 is 1.78 bits per heavy atom. The Bertz CT molecular complexity index is 672. The zero-order valence-corrected chi connectivity index (χ0v) is 13.5. The van der Waals surface area contributed by atoms with Crippen LogP contribution in [0.3, 0.4) is 0 Å². The van der Waals surface area contributed by atoms with E-state index >= 15 is 0 Å². The SMILES string of the molecule is Cc1cc(NC2CC2)nc(Nc2ccc(N3CCCC3)cc2)n1. The predicted molar refractivity (Wildman–Crippen MR) is 94.6 cm³/mol. The molecule has 0 atom stereocenters. The first kappa shape index (κ1) is 14.3. The number of aromatic nitrogens is 2. The summed E-state index contributed by atoms with van der Waals surface area (Å²) in [7, 11) is 0. The van der Waals surface area contributed by atoms with Crippen molar-refractivity contribution >= 4 is 23.1 Å². The minimum absolute atomic E-state index is 0.594. The molecule has 0 unspecified atom stereocenters. The number of rotatable bonds is 5. The third-order valence-corrected chi connectivity index (χ3v) is 4.38. The van der Waals surface area contributed by atoms with Crippen molar-refractivity contribution in [2.24, 2.45) is 0 Å². The van der Waals surface area contributed by atoms with E-state index in [9.17, 15) is 0 Å². The minimum atomic E-state index is 0.594. The molecule has 2 N–H and O–H groups in total. The summed E-state index contributed by atoms with van der Waals surface area (Å²) >= 11 is 0. The fourth-order valence-corrected chi connectivity index (χ4v) is 3.00. The van der Waals surface area contributed by atoms with E-state index < -0.39 is 0 Å². The maximum absolute atomic E-state index is 4.57.